The number of halogens is 1. The summed E-state index contributed by atoms with van der Waals surface area (Å²) in [5, 5.41) is 0.721. The number of nitrogens with zero attached hydrogens (tertiary/aromatic N) is 2. The van der Waals surface area contributed by atoms with Crippen LogP contribution in [0.5, 0.6) is 0 Å². The number of H-pyrrole nitrogens is 1. The SMILES string of the molecule is CC(C)(C)OC(=O)N1CC=C(c2cc(Cl)cc3c2c(=O)[nH]c(=O)n3-c2ccccc2)C1. The third kappa shape index (κ3) is 4.14. The summed E-state index contributed by atoms with van der Waals surface area (Å²) < 4.78 is 6.87. The molecule has 0 radical (unpaired) electrons. The van der Waals surface area contributed by atoms with Crippen molar-refractivity contribution in [2.45, 2.75) is 26.4 Å². The van der Waals surface area contributed by atoms with Crippen LogP contribution in [0, 0.1) is 0 Å². The fraction of sp³-hybridized carbons (Fsp3) is 0.261. The van der Waals surface area contributed by atoms with Gasteiger partial charge in [0.15, 0.2) is 0 Å². The summed E-state index contributed by atoms with van der Waals surface area (Å²) in [6.45, 7) is 6.05. The normalized spacial score (nSPS) is 14.1. The number of aromatic nitrogens is 2. The molecule has 0 spiro atoms. The molecule has 0 fully saturated rings. The molecule has 1 aliphatic heterocycles. The molecule has 31 heavy (non-hydrogen) atoms. The molecule has 1 amide bonds. The molecule has 0 aliphatic carbocycles. The predicted molar refractivity (Wildman–Crippen MR) is 121 cm³/mol. The molecule has 0 saturated carbocycles. The fourth-order valence-corrected chi connectivity index (χ4v) is 3.85. The predicted octanol–water partition coefficient (Wildman–Crippen LogP) is 3.97. The number of carbonyl (C=O) groups excluding carboxylic acids is 1. The van der Waals surface area contributed by atoms with Crippen LogP contribution < -0.4 is 11.2 Å². The third-order valence-corrected chi connectivity index (χ3v) is 5.12. The Bertz CT molecular complexity index is 1320. The highest BCUT2D eigenvalue weighted by Gasteiger charge is 2.27. The highest BCUT2D eigenvalue weighted by molar-refractivity contribution is 6.31. The van der Waals surface area contributed by atoms with Gasteiger partial charge in [0, 0.05) is 18.1 Å². The van der Waals surface area contributed by atoms with Crippen LogP contribution in [0.3, 0.4) is 0 Å². The largest absolute Gasteiger partial charge is 0.444 e. The van der Waals surface area contributed by atoms with Crippen LogP contribution in [0.25, 0.3) is 22.2 Å². The molecule has 160 valence electrons. The highest BCUT2D eigenvalue weighted by Crippen LogP contribution is 2.30. The number of nitrogens with one attached hydrogen (secondary N) is 1. The topological polar surface area (TPSA) is 84.4 Å². The Hall–Kier alpha value is -3.32. The van der Waals surface area contributed by atoms with E-state index in [-0.39, 0.29) is 6.54 Å². The second kappa shape index (κ2) is 7.74. The second-order valence-electron chi connectivity index (χ2n) is 8.37. The number of fused-ring (bicyclic) bond motifs is 1. The Morgan fingerprint density at radius 3 is 2.52 bits per heavy atom. The molecular formula is C23H22ClN3O4. The van der Waals surface area contributed by atoms with Crippen molar-refractivity contribution in [1.82, 2.24) is 14.5 Å². The van der Waals surface area contributed by atoms with E-state index >= 15 is 0 Å². The van der Waals surface area contributed by atoms with Crippen LogP contribution in [0.15, 0.2) is 58.1 Å². The average Bonchev–Trinajstić information content (AvgIpc) is 3.17. The van der Waals surface area contributed by atoms with Gasteiger partial charge in [-0.1, -0.05) is 35.9 Å². The lowest BCUT2D eigenvalue weighted by Crippen LogP contribution is -2.35. The molecule has 3 aromatic rings. The van der Waals surface area contributed by atoms with Crippen molar-refractivity contribution in [2.75, 3.05) is 13.1 Å². The van der Waals surface area contributed by atoms with E-state index in [1.165, 1.54) is 4.57 Å². The molecule has 1 aromatic heterocycles. The van der Waals surface area contributed by atoms with E-state index in [1.54, 1.807) is 29.2 Å². The van der Waals surface area contributed by atoms with E-state index in [0.717, 1.165) is 5.57 Å². The fourth-order valence-electron chi connectivity index (χ4n) is 3.63. The van der Waals surface area contributed by atoms with Crippen molar-refractivity contribution >= 4 is 34.2 Å². The number of carbonyl (C=O) groups is 1. The maximum atomic E-state index is 12.8. The van der Waals surface area contributed by atoms with Crippen LogP contribution in [0.2, 0.25) is 5.02 Å². The van der Waals surface area contributed by atoms with E-state index in [0.29, 0.717) is 33.7 Å². The molecule has 8 heteroatoms. The number of para-hydroxylation sites is 1. The maximum Gasteiger partial charge on any atom is 0.410 e. The van der Waals surface area contributed by atoms with Crippen LogP contribution in [0.4, 0.5) is 4.79 Å². The maximum absolute atomic E-state index is 12.8. The monoisotopic (exact) mass is 439 g/mol. The third-order valence-electron chi connectivity index (χ3n) is 4.91. The van der Waals surface area contributed by atoms with Gasteiger partial charge in [-0.3, -0.25) is 14.3 Å². The zero-order chi connectivity index (χ0) is 22.3. The molecule has 2 heterocycles. The van der Waals surface area contributed by atoms with Crippen molar-refractivity contribution in [3.8, 4) is 5.69 Å². The van der Waals surface area contributed by atoms with Crippen molar-refractivity contribution in [3.05, 3.63) is 80.0 Å². The summed E-state index contributed by atoms with van der Waals surface area (Å²) in [5.41, 5.74) is 0.701. The summed E-state index contributed by atoms with van der Waals surface area (Å²) >= 11 is 6.39. The van der Waals surface area contributed by atoms with Crippen molar-refractivity contribution in [2.24, 2.45) is 0 Å². The van der Waals surface area contributed by atoms with Crippen LogP contribution in [-0.2, 0) is 4.74 Å². The van der Waals surface area contributed by atoms with Crippen molar-refractivity contribution < 1.29 is 9.53 Å². The molecular weight excluding hydrogens is 418 g/mol. The van der Waals surface area contributed by atoms with Gasteiger partial charge in [-0.05, 0) is 56.2 Å². The molecule has 0 bridgehead atoms. The number of ether oxygens (including phenoxy) is 1. The highest BCUT2D eigenvalue weighted by atomic mass is 35.5. The minimum absolute atomic E-state index is 0.272. The Balaban J connectivity index is 1.83. The Kier molecular flexibility index (Phi) is 5.23. The summed E-state index contributed by atoms with van der Waals surface area (Å²) in [5.74, 6) is 0. The van der Waals surface area contributed by atoms with Crippen molar-refractivity contribution in [3.63, 3.8) is 0 Å². The minimum atomic E-state index is -0.606. The average molecular weight is 440 g/mol. The van der Waals surface area contributed by atoms with E-state index in [4.69, 9.17) is 16.3 Å². The molecule has 7 nitrogen and oxygen atoms in total. The molecule has 1 aliphatic rings. The Morgan fingerprint density at radius 2 is 1.84 bits per heavy atom. The van der Waals surface area contributed by atoms with Gasteiger partial charge in [0.1, 0.15) is 5.60 Å². The number of hydrogen-bond donors (Lipinski definition) is 1. The van der Waals surface area contributed by atoms with Crippen LogP contribution in [-0.4, -0.2) is 39.2 Å². The first-order valence-corrected chi connectivity index (χ1v) is 10.2. The van der Waals surface area contributed by atoms with E-state index in [9.17, 15) is 14.4 Å². The van der Waals surface area contributed by atoms with Gasteiger partial charge in [-0.15, -0.1) is 0 Å². The number of hydrogen-bond acceptors (Lipinski definition) is 4. The van der Waals surface area contributed by atoms with Gasteiger partial charge in [0.05, 0.1) is 16.6 Å². The number of aromatic amines is 1. The van der Waals surface area contributed by atoms with Gasteiger partial charge in [0.25, 0.3) is 5.56 Å². The minimum Gasteiger partial charge on any atom is -0.444 e. The lowest BCUT2D eigenvalue weighted by Gasteiger charge is -2.24. The molecule has 0 saturated heterocycles. The van der Waals surface area contributed by atoms with Crippen LogP contribution in [0.1, 0.15) is 26.3 Å². The van der Waals surface area contributed by atoms with E-state index in [1.807, 2.05) is 45.0 Å². The van der Waals surface area contributed by atoms with Crippen molar-refractivity contribution in [1.29, 1.82) is 0 Å². The van der Waals surface area contributed by atoms with E-state index in [2.05, 4.69) is 4.98 Å². The molecule has 0 unspecified atom stereocenters. The zero-order valence-corrected chi connectivity index (χ0v) is 18.2. The number of amides is 1. The first-order chi connectivity index (χ1) is 14.6. The lowest BCUT2D eigenvalue weighted by molar-refractivity contribution is 0.0306. The molecule has 1 N–H and O–H groups in total. The van der Waals surface area contributed by atoms with E-state index < -0.39 is 22.9 Å². The van der Waals surface area contributed by atoms with Gasteiger partial charge < -0.3 is 9.64 Å². The molecule has 0 atom stereocenters. The summed E-state index contributed by atoms with van der Waals surface area (Å²) in [6.07, 6.45) is 1.44. The van der Waals surface area contributed by atoms with Gasteiger partial charge >= 0.3 is 11.8 Å². The number of benzene rings is 2. The number of rotatable bonds is 2. The zero-order valence-electron chi connectivity index (χ0n) is 17.4. The Morgan fingerprint density at radius 1 is 1.13 bits per heavy atom. The second-order valence-corrected chi connectivity index (χ2v) is 8.80. The smallest absolute Gasteiger partial charge is 0.410 e. The van der Waals surface area contributed by atoms with Gasteiger partial charge in [0.2, 0.25) is 0 Å². The van der Waals surface area contributed by atoms with Gasteiger partial charge in [-0.25, -0.2) is 9.59 Å². The van der Waals surface area contributed by atoms with Gasteiger partial charge in [-0.2, -0.15) is 0 Å². The van der Waals surface area contributed by atoms with Crippen LogP contribution >= 0.6 is 11.6 Å². The molecule has 2 aromatic carbocycles. The first-order valence-electron chi connectivity index (χ1n) is 9.85. The standard InChI is InChI=1S/C23H22ClN3O4/c1-23(2,3)31-22(30)26-10-9-14(13-26)17-11-15(24)12-18-19(17)20(28)25-21(29)27(18)16-7-5-4-6-8-16/h4-9,11-12H,10,13H2,1-3H3,(H,25,28,29). The summed E-state index contributed by atoms with van der Waals surface area (Å²) in [6, 6.07) is 12.3. The Labute approximate surface area is 183 Å². The lowest BCUT2D eigenvalue weighted by atomic mass is 10.0. The quantitative estimate of drug-likeness (QED) is 0.654. The first kappa shape index (κ1) is 20.9. The summed E-state index contributed by atoms with van der Waals surface area (Å²) in [7, 11) is 0. The summed E-state index contributed by atoms with van der Waals surface area (Å²) in [4.78, 5) is 41.9. The molecule has 4 rings (SSSR count).